The summed E-state index contributed by atoms with van der Waals surface area (Å²) >= 11 is 0. The lowest BCUT2D eigenvalue weighted by Crippen LogP contribution is -2.38. The molecule has 2 heterocycles. The Morgan fingerprint density at radius 3 is 2.28 bits per heavy atom. The normalized spacial score (nSPS) is 24.9. The van der Waals surface area contributed by atoms with Crippen LogP contribution in [0.15, 0.2) is 18.2 Å². The molecule has 1 saturated carbocycles. The molecule has 3 fully saturated rings. The number of likely N-dealkylation sites (tertiary alicyclic amines) is 2. The van der Waals surface area contributed by atoms with Gasteiger partial charge in [-0.25, -0.2) is 0 Å². The van der Waals surface area contributed by atoms with Crippen molar-refractivity contribution in [1.82, 2.24) is 9.80 Å². The van der Waals surface area contributed by atoms with Gasteiger partial charge in [-0.2, -0.15) is 0 Å². The molecule has 0 N–H and O–H groups in total. The van der Waals surface area contributed by atoms with Gasteiger partial charge in [-0.3, -0.25) is 9.59 Å². The van der Waals surface area contributed by atoms with E-state index in [1.165, 1.54) is 0 Å². The molecule has 2 amide bonds. The number of nitrogens with zero attached hydrogens (tertiary/aromatic N) is 2. The lowest BCUT2D eigenvalue weighted by atomic mass is 9.87. The second-order valence-electron chi connectivity index (χ2n) is 8.58. The SMILES string of the molecule is COc1ccc([C@@H]2CN(C(=O)C3CCCC3)C[C@H]2C(=O)N2CCCC2)c(OC)c1. The van der Waals surface area contributed by atoms with Gasteiger partial charge in [-0.05, 0) is 31.7 Å². The third-order valence-electron chi connectivity index (χ3n) is 6.91. The van der Waals surface area contributed by atoms with Crippen molar-refractivity contribution >= 4 is 11.8 Å². The molecule has 2 atom stereocenters. The molecule has 0 unspecified atom stereocenters. The standard InChI is InChI=1S/C23H32N2O4/c1-28-17-9-10-18(21(13-17)29-2)19-14-25(22(26)16-7-3-4-8-16)15-20(19)23(27)24-11-5-6-12-24/h9-10,13,16,19-20H,3-8,11-12,14-15H2,1-2H3/t19-,20+/m0/s1. The number of carbonyl (C=O) groups is 2. The van der Waals surface area contributed by atoms with Gasteiger partial charge in [0, 0.05) is 49.6 Å². The zero-order valence-electron chi connectivity index (χ0n) is 17.6. The Balaban J connectivity index is 1.62. The molecule has 0 aromatic heterocycles. The highest BCUT2D eigenvalue weighted by Gasteiger charge is 2.44. The predicted molar refractivity (Wildman–Crippen MR) is 110 cm³/mol. The summed E-state index contributed by atoms with van der Waals surface area (Å²) in [5.41, 5.74) is 0.993. The molecule has 2 saturated heterocycles. The Bertz CT molecular complexity index is 753. The molecular weight excluding hydrogens is 368 g/mol. The van der Waals surface area contributed by atoms with Gasteiger partial charge in [0.1, 0.15) is 11.5 Å². The van der Waals surface area contributed by atoms with Crippen LogP contribution >= 0.6 is 0 Å². The van der Waals surface area contributed by atoms with Crippen molar-refractivity contribution in [1.29, 1.82) is 0 Å². The van der Waals surface area contributed by atoms with Gasteiger partial charge >= 0.3 is 0 Å². The fraction of sp³-hybridized carbons (Fsp3) is 0.652. The van der Waals surface area contributed by atoms with E-state index in [4.69, 9.17) is 9.47 Å². The van der Waals surface area contributed by atoms with E-state index in [9.17, 15) is 9.59 Å². The maximum Gasteiger partial charge on any atom is 0.228 e. The lowest BCUT2D eigenvalue weighted by molar-refractivity contribution is -0.136. The molecule has 1 aliphatic carbocycles. The van der Waals surface area contributed by atoms with Crippen molar-refractivity contribution in [3.63, 3.8) is 0 Å². The molecule has 6 nitrogen and oxygen atoms in total. The minimum atomic E-state index is -0.208. The molecule has 0 radical (unpaired) electrons. The maximum atomic E-state index is 13.4. The first kappa shape index (κ1) is 20.0. The van der Waals surface area contributed by atoms with E-state index in [-0.39, 0.29) is 29.6 Å². The number of ether oxygens (including phenoxy) is 2. The Morgan fingerprint density at radius 1 is 0.897 bits per heavy atom. The fourth-order valence-electron chi connectivity index (χ4n) is 5.28. The van der Waals surface area contributed by atoms with Crippen molar-refractivity contribution in [3.8, 4) is 11.5 Å². The minimum Gasteiger partial charge on any atom is -0.497 e. The van der Waals surface area contributed by atoms with Gasteiger partial charge < -0.3 is 19.3 Å². The first-order valence-corrected chi connectivity index (χ1v) is 10.9. The van der Waals surface area contributed by atoms with Gasteiger partial charge in [0.2, 0.25) is 11.8 Å². The van der Waals surface area contributed by atoms with Gasteiger partial charge in [-0.15, -0.1) is 0 Å². The van der Waals surface area contributed by atoms with Crippen LogP contribution in [0.4, 0.5) is 0 Å². The largest absolute Gasteiger partial charge is 0.497 e. The third kappa shape index (κ3) is 3.94. The molecule has 4 rings (SSSR count). The van der Waals surface area contributed by atoms with E-state index in [1.54, 1.807) is 14.2 Å². The van der Waals surface area contributed by atoms with E-state index >= 15 is 0 Å². The first-order chi connectivity index (χ1) is 14.1. The van der Waals surface area contributed by atoms with E-state index in [2.05, 4.69) is 0 Å². The molecule has 158 valence electrons. The van der Waals surface area contributed by atoms with E-state index in [0.717, 1.165) is 68.7 Å². The van der Waals surface area contributed by atoms with Crippen LogP contribution in [0.5, 0.6) is 11.5 Å². The van der Waals surface area contributed by atoms with Crippen LogP contribution in [0.2, 0.25) is 0 Å². The molecule has 6 heteroatoms. The molecular formula is C23H32N2O4. The average Bonchev–Trinajstić information content (AvgIpc) is 3.53. The molecule has 2 aliphatic heterocycles. The average molecular weight is 401 g/mol. The summed E-state index contributed by atoms with van der Waals surface area (Å²) in [7, 11) is 3.28. The monoisotopic (exact) mass is 400 g/mol. The number of amides is 2. The Hall–Kier alpha value is -2.24. The fourth-order valence-corrected chi connectivity index (χ4v) is 5.28. The van der Waals surface area contributed by atoms with Gasteiger partial charge in [-0.1, -0.05) is 18.9 Å². The van der Waals surface area contributed by atoms with E-state index in [0.29, 0.717) is 13.1 Å². The van der Waals surface area contributed by atoms with Crippen LogP contribution in [-0.2, 0) is 9.59 Å². The van der Waals surface area contributed by atoms with Crippen molar-refractivity contribution in [3.05, 3.63) is 23.8 Å². The highest BCUT2D eigenvalue weighted by atomic mass is 16.5. The molecule has 3 aliphatic rings. The quantitative estimate of drug-likeness (QED) is 0.762. The molecule has 1 aromatic rings. The van der Waals surface area contributed by atoms with Crippen LogP contribution < -0.4 is 9.47 Å². The number of hydrogen-bond acceptors (Lipinski definition) is 4. The summed E-state index contributed by atoms with van der Waals surface area (Å²) < 4.78 is 11.0. The summed E-state index contributed by atoms with van der Waals surface area (Å²) in [5, 5.41) is 0. The second-order valence-corrected chi connectivity index (χ2v) is 8.58. The summed E-state index contributed by atoms with van der Waals surface area (Å²) in [5.74, 6) is 1.75. The van der Waals surface area contributed by atoms with Crippen LogP contribution in [0.25, 0.3) is 0 Å². The molecule has 0 spiro atoms. The highest BCUT2D eigenvalue weighted by molar-refractivity contribution is 5.84. The van der Waals surface area contributed by atoms with Gasteiger partial charge in [0.05, 0.1) is 20.1 Å². The summed E-state index contributed by atoms with van der Waals surface area (Å²) in [6, 6.07) is 5.78. The van der Waals surface area contributed by atoms with Crippen LogP contribution in [0, 0.1) is 11.8 Å². The summed E-state index contributed by atoms with van der Waals surface area (Å²) in [6.07, 6.45) is 6.37. The zero-order valence-corrected chi connectivity index (χ0v) is 17.6. The lowest BCUT2D eigenvalue weighted by Gasteiger charge is -2.25. The number of rotatable bonds is 5. The minimum absolute atomic E-state index is 0.0469. The number of benzene rings is 1. The van der Waals surface area contributed by atoms with Crippen LogP contribution in [-0.4, -0.2) is 62.0 Å². The summed E-state index contributed by atoms with van der Waals surface area (Å²) in [6.45, 7) is 2.77. The number of hydrogen-bond donors (Lipinski definition) is 0. The van der Waals surface area contributed by atoms with Gasteiger partial charge in [0.15, 0.2) is 0 Å². The number of carbonyl (C=O) groups excluding carboxylic acids is 2. The maximum absolute atomic E-state index is 13.4. The Morgan fingerprint density at radius 2 is 1.62 bits per heavy atom. The van der Waals surface area contributed by atoms with Crippen molar-refractivity contribution < 1.29 is 19.1 Å². The smallest absolute Gasteiger partial charge is 0.228 e. The van der Waals surface area contributed by atoms with Crippen molar-refractivity contribution in [2.24, 2.45) is 11.8 Å². The molecule has 29 heavy (non-hydrogen) atoms. The van der Waals surface area contributed by atoms with E-state index in [1.807, 2.05) is 28.0 Å². The highest BCUT2D eigenvalue weighted by Crippen LogP contribution is 2.41. The van der Waals surface area contributed by atoms with Crippen LogP contribution in [0.1, 0.15) is 50.0 Å². The van der Waals surface area contributed by atoms with Crippen LogP contribution in [0.3, 0.4) is 0 Å². The summed E-state index contributed by atoms with van der Waals surface area (Å²) in [4.78, 5) is 30.4. The predicted octanol–water partition coefficient (Wildman–Crippen LogP) is 3.06. The molecule has 0 bridgehead atoms. The third-order valence-corrected chi connectivity index (χ3v) is 6.91. The second kappa shape index (κ2) is 8.64. The Kier molecular flexibility index (Phi) is 5.97. The van der Waals surface area contributed by atoms with Crippen molar-refractivity contribution in [2.45, 2.75) is 44.4 Å². The molecule has 1 aromatic carbocycles. The van der Waals surface area contributed by atoms with E-state index < -0.39 is 0 Å². The first-order valence-electron chi connectivity index (χ1n) is 10.9. The Labute approximate surface area is 173 Å². The number of methoxy groups -OCH3 is 2. The van der Waals surface area contributed by atoms with Gasteiger partial charge in [0.25, 0.3) is 0 Å². The topological polar surface area (TPSA) is 59.1 Å². The van der Waals surface area contributed by atoms with Crippen molar-refractivity contribution in [2.75, 3.05) is 40.4 Å². The zero-order chi connectivity index (χ0) is 20.4.